The third-order valence-corrected chi connectivity index (χ3v) is 18.6. The molecule has 6 aromatic rings. The summed E-state index contributed by atoms with van der Waals surface area (Å²) in [6.45, 7) is 0. The summed E-state index contributed by atoms with van der Waals surface area (Å²) in [7, 11) is 0. The van der Waals surface area contributed by atoms with Crippen molar-refractivity contribution < 1.29 is 0 Å². The lowest BCUT2D eigenvalue weighted by Crippen LogP contribution is -1.72. The Morgan fingerprint density at radius 3 is 0.250 bits per heavy atom. The van der Waals surface area contributed by atoms with Gasteiger partial charge in [-0.15, -0.1) is 0 Å². The maximum Gasteiger partial charge on any atom is 0.0117 e. The topological polar surface area (TPSA) is 0 Å². The summed E-state index contributed by atoms with van der Waals surface area (Å²) in [5, 5.41) is 25.9. The molecular formula is C48H36S12. The Balaban J connectivity index is 0.929. The van der Waals surface area contributed by atoms with Crippen LogP contribution in [-0.4, -0.2) is 0 Å². The highest BCUT2D eigenvalue weighted by Crippen LogP contribution is 2.34. The van der Waals surface area contributed by atoms with Crippen LogP contribution in [0.15, 0.2) is 269 Å². The lowest BCUT2D eigenvalue weighted by atomic mass is 10.4. The molecule has 6 aromatic carbocycles. The second-order valence-electron chi connectivity index (χ2n) is 11.9. The van der Waals surface area contributed by atoms with E-state index in [1.165, 1.54) is 58.7 Å². The molecule has 60 heavy (non-hydrogen) atoms. The van der Waals surface area contributed by atoms with Crippen molar-refractivity contribution in [1.82, 2.24) is 0 Å². The standard InChI is InChI=1S/C48H36S12/c1-2-38-4-3-37(1)49-25-26-51-39-5-7-41(8-6-39)53-29-30-55-43-13-15-45(16-14-43)57-33-34-59-47-21-23-48(24-22-47)60-36-35-58-46-19-17-44(18-20-46)56-32-31-54-42-11-9-40(10-12-42)52-28-27-50-38/h1-36H. The van der Waals surface area contributed by atoms with Crippen molar-refractivity contribution in [2.45, 2.75) is 58.7 Å². The molecule has 0 fully saturated rings. The Morgan fingerprint density at radius 2 is 0.183 bits per heavy atom. The molecule has 0 unspecified atom stereocenters. The van der Waals surface area contributed by atoms with Crippen LogP contribution in [0.1, 0.15) is 0 Å². The second kappa shape index (κ2) is 26.6. The minimum Gasteiger partial charge on any atom is -0.0975 e. The molecule has 10 heterocycles. The molecule has 0 atom stereocenters. The Kier molecular flexibility index (Phi) is 20.3. The molecule has 0 spiro atoms. The third-order valence-electron chi connectivity index (χ3n) is 7.73. The van der Waals surface area contributed by atoms with Gasteiger partial charge in [-0.25, -0.2) is 0 Å². The first-order valence-electron chi connectivity index (χ1n) is 18.2. The van der Waals surface area contributed by atoms with E-state index < -0.39 is 0 Å². The van der Waals surface area contributed by atoms with Gasteiger partial charge in [0.15, 0.2) is 0 Å². The van der Waals surface area contributed by atoms with Crippen LogP contribution in [0.2, 0.25) is 0 Å². The van der Waals surface area contributed by atoms with Crippen LogP contribution in [0.3, 0.4) is 0 Å². The summed E-state index contributed by atoms with van der Waals surface area (Å²) in [5.41, 5.74) is 0. The van der Waals surface area contributed by atoms with Gasteiger partial charge >= 0.3 is 0 Å². The van der Waals surface area contributed by atoms with Gasteiger partial charge in [-0.3, -0.25) is 0 Å². The smallest absolute Gasteiger partial charge is 0.0117 e. The SMILES string of the molecule is C1=CSc2ccc(cc2)SC=CSc2ccc(cc2)SC=CSc2ccc(cc2)SC=CSc2ccc(cc2)SC=CSc2ccc(cc2)SC=CSc2ccc(cc2)S1. The van der Waals surface area contributed by atoms with Crippen molar-refractivity contribution in [2.24, 2.45) is 0 Å². The maximum atomic E-state index is 2.19. The minimum absolute atomic E-state index is 1.23. The molecule has 0 N–H and O–H groups in total. The van der Waals surface area contributed by atoms with E-state index in [9.17, 15) is 0 Å². The van der Waals surface area contributed by atoms with Crippen molar-refractivity contribution in [3.05, 3.63) is 210 Å². The van der Waals surface area contributed by atoms with Crippen LogP contribution in [0.4, 0.5) is 0 Å². The van der Waals surface area contributed by atoms with Crippen molar-refractivity contribution in [1.29, 1.82) is 0 Å². The van der Waals surface area contributed by atoms with Crippen molar-refractivity contribution in [3.8, 4) is 0 Å². The lowest BCUT2D eigenvalue weighted by Gasteiger charge is -2.02. The monoisotopic (exact) mass is 996 g/mol. The molecule has 0 aliphatic carbocycles. The molecule has 0 saturated heterocycles. The number of hydrogen-bond donors (Lipinski definition) is 0. The molecule has 10 aliphatic rings. The molecular weight excluding hydrogens is 961 g/mol. The van der Waals surface area contributed by atoms with Crippen LogP contribution >= 0.6 is 141 Å². The fourth-order valence-electron chi connectivity index (χ4n) is 4.86. The summed E-state index contributed by atoms with van der Waals surface area (Å²) >= 11 is 20.9. The van der Waals surface area contributed by atoms with Gasteiger partial charge in [0, 0.05) is 58.7 Å². The first-order valence-corrected chi connectivity index (χ1v) is 28.8. The van der Waals surface area contributed by atoms with Gasteiger partial charge in [0.05, 0.1) is 0 Å². The molecule has 0 amide bonds. The average molecular weight is 998 g/mol. The zero-order valence-corrected chi connectivity index (χ0v) is 41.5. The average Bonchev–Trinajstić information content (AvgIpc) is 3.29. The van der Waals surface area contributed by atoms with Crippen molar-refractivity contribution in [3.63, 3.8) is 0 Å². The van der Waals surface area contributed by atoms with E-state index in [0.29, 0.717) is 0 Å². The summed E-state index contributed by atoms with van der Waals surface area (Å²) < 4.78 is 0. The zero-order chi connectivity index (χ0) is 40.9. The van der Waals surface area contributed by atoms with E-state index >= 15 is 0 Å². The lowest BCUT2D eigenvalue weighted by molar-refractivity contribution is 1.36. The number of benzene rings is 6. The summed E-state index contributed by atoms with van der Waals surface area (Å²) in [6.07, 6.45) is 0. The maximum absolute atomic E-state index is 2.19. The molecule has 0 aromatic heterocycles. The van der Waals surface area contributed by atoms with E-state index in [1.54, 1.807) is 141 Å². The van der Waals surface area contributed by atoms with Gasteiger partial charge < -0.3 is 0 Å². The molecule has 16 rings (SSSR count). The van der Waals surface area contributed by atoms with Gasteiger partial charge in [-0.2, -0.15) is 0 Å². The van der Waals surface area contributed by atoms with Crippen LogP contribution in [0.5, 0.6) is 0 Å². The highest BCUT2D eigenvalue weighted by Gasteiger charge is 2.00. The van der Waals surface area contributed by atoms with Crippen LogP contribution in [-0.2, 0) is 0 Å². The van der Waals surface area contributed by atoms with E-state index in [-0.39, 0.29) is 0 Å². The fraction of sp³-hybridized carbons (Fsp3) is 0. The molecule has 12 heteroatoms. The van der Waals surface area contributed by atoms with E-state index in [0.717, 1.165) is 0 Å². The fourth-order valence-corrected chi connectivity index (χ4v) is 12.9. The van der Waals surface area contributed by atoms with Crippen molar-refractivity contribution >= 4 is 141 Å². The Bertz CT molecular complexity index is 1770. The summed E-state index contributed by atoms with van der Waals surface area (Å²) in [6, 6.07) is 52.5. The Hall–Kier alpha value is -2.04. The van der Waals surface area contributed by atoms with Gasteiger partial charge in [-0.05, 0) is 210 Å². The normalized spacial score (nSPS) is 14.8. The summed E-state index contributed by atoms with van der Waals surface area (Å²) in [4.78, 5) is 14.7. The van der Waals surface area contributed by atoms with Crippen LogP contribution in [0.25, 0.3) is 0 Å². The first kappa shape index (κ1) is 46.0. The Labute approximate surface area is 405 Å². The predicted octanol–water partition coefficient (Wildman–Crippen LogP) is 20.1. The molecule has 0 saturated carbocycles. The molecule has 10 aliphatic heterocycles. The second-order valence-corrected chi connectivity index (χ2v) is 23.6. The van der Waals surface area contributed by atoms with E-state index in [1.807, 2.05) is 0 Å². The molecule has 300 valence electrons. The van der Waals surface area contributed by atoms with Crippen LogP contribution < -0.4 is 0 Å². The molecule has 12 bridgehead atoms. The van der Waals surface area contributed by atoms with Gasteiger partial charge in [-0.1, -0.05) is 141 Å². The van der Waals surface area contributed by atoms with Crippen molar-refractivity contribution in [2.75, 3.05) is 0 Å². The van der Waals surface area contributed by atoms with Crippen LogP contribution in [0, 0.1) is 0 Å². The largest absolute Gasteiger partial charge is 0.0975 e. The first-order chi connectivity index (χ1) is 29.7. The number of hydrogen-bond acceptors (Lipinski definition) is 12. The highest BCUT2D eigenvalue weighted by molar-refractivity contribution is 8.07. The molecule has 0 nitrogen and oxygen atoms in total. The highest BCUT2D eigenvalue weighted by atomic mass is 32.2. The molecule has 0 radical (unpaired) electrons. The summed E-state index contributed by atoms with van der Waals surface area (Å²) in [5.74, 6) is 0. The quantitative estimate of drug-likeness (QED) is 0.142. The Morgan fingerprint density at radius 1 is 0.117 bits per heavy atom. The minimum atomic E-state index is 1.23. The number of rotatable bonds is 0. The number of thioether (sulfide) groups is 12. The third kappa shape index (κ3) is 16.9. The zero-order valence-electron chi connectivity index (χ0n) is 31.7. The van der Waals surface area contributed by atoms with Gasteiger partial charge in [0.1, 0.15) is 0 Å². The van der Waals surface area contributed by atoms with E-state index in [4.69, 9.17) is 0 Å². The van der Waals surface area contributed by atoms with E-state index in [2.05, 4.69) is 210 Å². The van der Waals surface area contributed by atoms with Gasteiger partial charge in [0.25, 0.3) is 0 Å². The predicted molar refractivity (Wildman–Crippen MR) is 284 cm³/mol. The van der Waals surface area contributed by atoms with Gasteiger partial charge in [0.2, 0.25) is 0 Å².